The molecule has 2 amide bonds. The molecule has 1 atom stereocenters. The zero-order valence-corrected chi connectivity index (χ0v) is 24.9. The first-order valence-corrected chi connectivity index (χ1v) is 14.8. The van der Waals surface area contributed by atoms with Gasteiger partial charge in [0.1, 0.15) is 12.6 Å². The van der Waals surface area contributed by atoms with Gasteiger partial charge in [0.2, 0.25) is 11.8 Å². The molecule has 3 rings (SSSR count). The van der Waals surface area contributed by atoms with Gasteiger partial charge in [0.25, 0.3) is 10.0 Å². The molecule has 0 spiro atoms. The number of carbonyl (C=O) groups excluding carboxylic acids is 2. The van der Waals surface area contributed by atoms with Crippen molar-refractivity contribution in [1.29, 1.82) is 0 Å². The highest BCUT2D eigenvalue weighted by molar-refractivity contribution is 7.92. The maximum absolute atomic E-state index is 13.9. The molecule has 0 saturated heterocycles. The summed E-state index contributed by atoms with van der Waals surface area (Å²) in [4.78, 5) is 28.3. The molecular formula is C28H30Cl3N3O4S. The van der Waals surface area contributed by atoms with Crippen LogP contribution in [0.5, 0.6) is 0 Å². The third-order valence-corrected chi connectivity index (χ3v) is 8.71. The van der Waals surface area contributed by atoms with Crippen molar-refractivity contribution in [1.82, 2.24) is 10.2 Å². The maximum atomic E-state index is 13.9. The summed E-state index contributed by atoms with van der Waals surface area (Å²) in [6, 6.07) is 17.9. The van der Waals surface area contributed by atoms with E-state index in [1.165, 1.54) is 41.3 Å². The summed E-state index contributed by atoms with van der Waals surface area (Å²) in [6.45, 7) is 5.22. The largest absolute Gasteiger partial charge is 0.354 e. The average Bonchev–Trinajstić information content (AvgIpc) is 2.90. The Kier molecular flexibility index (Phi) is 10.7. The smallest absolute Gasteiger partial charge is 0.264 e. The number of amides is 2. The zero-order chi connectivity index (χ0) is 28.7. The molecule has 0 unspecified atom stereocenters. The summed E-state index contributed by atoms with van der Waals surface area (Å²) < 4.78 is 28.4. The number of anilines is 1. The van der Waals surface area contributed by atoms with E-state index in [4.69, 9.17) is 34.8 Å². The van der Waals surface area contributed by atoms with Crippen LogP contribution in [0.15, 0.2) is 77.7 Å². The Morgan fingerprint density at radius 1 is 0.846 bits per heavy atom. The molecule has 11 heteroatoms. The number of halogens is 3. The van der Waals surface area contributed by atoms with Crippen molar-refractivity contribution in [3.05, 3.63) is 93.4 Å². The molecule has 0 heterocycles. The lowest BCUT2D eigenvalue weighted by Crippen LogP contribution is -2.51. The van der Waals surface area contributed by atoms with E-state index in [1.54, 1.807) is 43.3 Å². The Balaban J connectivity index is 2.03. The topological polar surface area (TPSA) is 86.8 Å². The van der Waals surface area contributed by atoms with Crippen molar-refractivity contribution in [2.75, 3.05) is 17.4 Å². The van der Waals surface area contributed by atoms with Crippen LogP contribution in [-0.4, -0.2) is 44.3 Å². The molecule has 0 fully saturated rings. The minimum absolute atomic E-state index is 0.0103. The fraction of sp³-hybridized carbons (Fsp3) is 0.286. The normalized spacial score (nSPS) is 12.2. The first-order valence-electron chi connectivity index (χ1n) is 12.2. The summed E-state index contributed by atoms with van der Waals surface area (Å²) in [7, 11) is -4.16. The van der Waals surface area contributed by atoms with Crippen LogP contribution in [0.25, 0.3) is 0 Å². The van der Waals surface area contributed by atoms with E-state index < -0.39 is 28.5 Å². The number of nitrogens with zero attached hydrogens (tertiary/aromatic N) is 2. The minimum Gasteiger partial charge on any atom is -0.354 e. The van der Waals surface area contributed by atoms with Gasteiger partial charge in [0.15, 0.2) is 0 Å². The number of rotatable bonds is 11. The molecule has 208 valence electrons. The van der Waals surface area contributed by atoms with Gasteiger partial charge in [0, 0.05) is 33.7 Å². The van der Waals surface area contributed by atoms with Crippen LogP contribution in [0.3, 0.4) is 0 Å². The van der Waals surface area contributed by atoms with E-state index in [-0.39, 0.29) is 29.0 Å². The van der Waals surface area contributed by atoms with Gasteiger partial charge in [-0.1, -0.05) is 72.9 Å². The minimum atomic E-state index is -4.16. The Morgan fingerprint density at radius 3 is 2.00 bits per heavy atom. The predicted molar refractivity (Wildman–Crippen MR) is 157 cm³/mol. The predicted octanol–water partition coefficient (Wildman–Crippen LogP) is 6.03. The second kappa shape index (κ2) is 13.5. The van der Waals surface area contributed by atoms with Crippen LogP contribution in [0.2, 0.25) is 15.1 Å². The van der Waals surface area contributed by atoms with Crippen LogP contribution in [0.1, 0.15) is 26.3 Å². The van der Waals surface area contributed by atoms with E-state index in [0.717, 1.165) is 4.31 Å². The van der Waals surface area contributed by atoms with E-state index in [9.17, 15) is 18.0 Å². The Labute approximate surface area is 244 Å². The van der Waals surface area contributed by atoms with Crippen molar-refractivity contribution in [2.45, 2.75) is 38.3 Å². The van der Waals surface area contributed by atoms with Crippen molar-refractivity contribution in [3.8, 4) is 0 Å². The van der Waals surface area contributed by atoms with Crippen molar-refractivity contribution in [2.24, 2.45) is 5.92 Å². The molecule has 0 saturated carbocycles. The van der Waals surface area contributed by atoms with E-state index in [1.807, 2.05) is 13.8 Å². The molecule has 0 aliphatic rings. The van der Waals surface area contributed by atoms with Gasteiger partial charge in [-0.15, -0.1) is 0 Å². The number of sulfonamides is 1. The number of benzene rings is 3. The summed E-state index contributed by atoms with van der Waals surface area (Å²) in [5.41, 5.74) is 0.686. The molecule has 0 aliphatic carbocycles. The van der Waals surface area contributed by atoms with Gasteiger partial charge < -0.3 is 10.2 Å². The molecule has 1 N–H and O–H groups in total. The zero-order valence-electron chi connectivity index (χ0n) is 21.8. The highest BCUT2D eigenvalue weighted by Gasteiger charge is 2.33. The molecule has 39 heavy (non-hydrogen) atoms. The lowest BCUT2D eigenvalue weighted by Gasteiger charge is -2.32. The molecule has 0 aliphatic heterocycles. The fourth-order valence-electron chi connectivity index (χ4n) is 3.74. The van der Waals surface area contributed by atoms with Crippen molar-refractivity contribution >= 4 is 62.3 Å². The second-order valence-electron chi connectivity index (χ2n) is 9.34. The quantitative estimate of drug-likeness (QED) is 0.287. The van der Waals surface area contributed by atoms with E-state index in [2.05, 4.69) is 5.32 Å². The molecule has 0 bridgehead atoms. The van der Waals surface area contributed by atoms with Gasteiger partial charge in [-0.05, 0) is 61.4 Å². The summed E-state index contributed by atoms with van der Waals surface area (Å²) in [5, 5.41) is 3.89. The molecular weight excluding hydrogens is 581 g/mol. The van der Waals surface area contributed by atoms with Gasteiger partial charge in [-0.2, -0.15) is 0 Å². The van der Waals surface area contributed by atoms with E-state index >= 15 is 0 Å². The lowest BCUT2D eigenvalue weighted by molar-refractivity contribution is -0.139. The van der Waals surface area contributed by atoms with Crippen LogP contribution < -0.4 is 9.62 Å². The van der Waals surface area contributed by atoms with Gasteiger partial charge in [0.05, 0.1) is 10.6 Å². The Bertz CT molecular complexity index is 1380. The maximum Gasteiger partial charge on any atom is 0.264 e. The SMILES string of the molecule is CC(C)CNC(=O)[C@@H](C)N(Cc1c(Cl)cccc1Cl)C(=O)CN(c1ccc(Cl)cc1)S(=O)(=O)c1ccccc1. The molecule has 7 nitrogen and oxygen atoms in total. The van der Waals surface area contributed by atoms with Crippen molar-refractivity contribution < 1.29 is 18.0 Å². The molecule has 3 aromatic carbocycles. The molecule has 3 aromatic rings. The molecule has 0 aromatic heterocycles. The Hall–Kier alpha value is -2.78. The standard InChI is InChI=1S/C28H30Cl3N3O4S/c1-19(2)16-32-28(36)20(3)33(17-24-25(30)10-7-11-26(24)31)27(35)18-34(22-14-12-21(29)13-15-22)39(37,38)23-8-5-4-6-9-23/h4-15,19-20H,16-18H2,1-3H3,(H,32,36)/t20-/m1/s1. The van der Waals surface area contributed by atoms with Crippen LogP contribution >= 0.6 is 34.8 Å². The molecule has 0 radical (unpaired) electrons. The average molecular weight is 611 g/mol. The van der Waals surface area contributed by atoms with Gasteiger partial charge in [-0.3, -0.25) is 13.9 Å². The van der Waals surface area contributed by atoms with Crippen molar-refractivity contribution in [3.63, 3.8) is 0 Å². The van der Waals surface area contributed by atoms with E-state index in [0.29, 0.717) is 27.2 Å². The van der Waals surface area contributed by atoms with Crippen LogP contribution in [-0.2, 0) is 26.2 Å². The number of nitrogens with one attached hydrogen (secondary N) is 1. The lowest BCUT2D eigenvalue weighted by atomic mass is 10.1. The third kappa shape index (κ3) is 7.88. The summed E-state index contributed by atoms with van der Waals surface area (Å²) in [5.74, 6) is -0.809. The monoisotopic (exact) mass is 609 g/mol. The first kappa shape index (κ1) is 30.8. The third-order valence-electron chi connectivity index (χ3n) is 5.97. The fourth-order valence-corrected chi connectivity index (χ4v) is 5.82. The first-order chi connectivity index (χ1) is 18.4. The highest BCUT2D eigenvalue weighted by atomic mass is 35.5. The summed E-state index contributed by atoms with van der Waals surface area (Å²) in [6.07, 6.45) is 0. The van der Waals surface area contributed by atoms with Gasteiger partial charge >= 0.3 is 0 Å². The number of hydrogen-bond acceptors (Lipinski definition) is 4. The summed E-state index contributed by atoms with van der Waals surface area (Å²) >= 11 is 18.8. The number of carbonyl (C=O) groups is 2. The van der Waals surface area contributed by atoms with Crippen LogP contribution in [0.4, 0.5) is 5.69 Å². The highest BCUT2D eigenvalue weighted by Crippen LogP contribution is 2.28. The second-order valence-corrected chi connectivity index (χ2v) is 12.5. The van der Waals surface area contributed by atoms with Crippen LogP contribution in [0, 0.1) is 5.92 Å². The number of hydrogen-bond donors (Lipinski definition) is 1. The van der Waals surface area contributed by atoms with Gasteiger partial charge in [-0.25, -0.2) is 8.42 Å². The Morgan fingerprint density at radius 2 is 1.44 bits per heavy atom.